The van der Waals surface area contributed by atoms with Gasteiger partial charge in [-0.3, -0.25) is 9.59 Å². The fraction of sp³-hybridized carbons (Fsp3) is 0.318. The molecule has 0 N–H and O–H groups in total. The van der Waals surface area contributed by atoms with Crippen molar-refractivity contribution < 1.29 is 33.0 Å². The number of nitrogens with zero attached hydrogens (tertiary/aromatic N) is 1. The van der Waals surface area contributed by atoms with E-state index in [1.165, 1.54) is 19.4 Å². The van der Waals surface area contributed by atoms with E-state index in [1.807, 2.05) is 122 Å². The SMILES string of the molecule is COC=CC(=O)C[C@@H]1[C@@H]([C@@H](C)O[Si](C)(C)C(C)(C)C)C(=O)N1C(C(=O)OCc1ccc(OC)cc1)=P(c1ccccc1)(c1ccccc1)c1ccccc1. The van der Waals surface area contributed by atoms with Crippen molar-refractivity contribution in [3.05, 3.63) is 133 Å². The highest BCUT2D eigenvalue weighted by atomic mass is 31.2. The lowest BCUT2D eigenvalue weighted by Gasteiger charge is -2.52. The molecular formula is C44H52NO7PSi. The smallest absolute Gasteiger partial charge is 0.356 e. The fourth-order valence-electron chi connectivity index (χ4n) is 6.79. The molecule has 4 aromatic rings. The first-order chi connectivity index (χ1) is 25.8. The van der Waals surface area contributed by atoms with E-state index in [-0.39, 0.29) is 35.2 Å². The lowest BCUT2D eigenvalue weighted by Crippen LogP contribution is -2.69. The second-order valence-electron chi connectivity index (χ2n) is 15.0. The van der Waals surface area contributed by atoms with Crippen molar-refractivity contribution in [1.82, 2.24) is 4.90 Å². The minimum absolute atomic E-state index is 0.0405. The number of hydrogen-bond donors (Lipinski definition) is 0. The van der Waals surface area contributed by atoms with E-state index in [4.69, 9.17) is 18.6 Å². The zero-order chi connectivity index (χ0) is 39.1. The van der Waals surface area contributed by atoms with Gasteiger partial charge in [-0.25, -0.2) is 4.79 Å². The van der Waals surface area contributed by atoms with Crippen molar-refractivity contribution in [1.29, 1.82) is 0 Å². The molecule has 1 aliphatic rings. The maximum absolute atomic E-state index is 15.2. The summed E-state index contributed by atoms with van der Waals surface area (Å²) in [5, 5.41) is 2.48. The van der Waals surface area contributed by atoms with Crippen molar-refractivity contribution in [3.8, 4) is 5.75 Å². The lowest BCUT2D eigenvalue weighted by atomic mass is 9.80. The van der Waals surface area contributed by atoms with E-state index >= 15 is 9.59 Å². The highest BCUT2D eigenvalue weighted by molar-refractivity contribution is 7.96. The van der Waals surface area contributed by atoms with E-state index in [0.29, 0.717) is 5.75 Å². The summed E-state index contributed by atoms with van der Waals surface area (Å²) in [6.07, 6.45) is 2.14. The molecule has 1 aliphatic heterocycles. The summed E-state index contributed by atoms with van der Waals surface area (Å²) in [6, 6.07) is 36.2. The Morgan fingerprint density at radius 1 is 0.815 bits per heavy atom. The Labute approximate surface area is 321 Å². The summed E-state index contributed by atoms with van der Waals surface area (Å²) in [7, 11) is 0.725. The highest BCUT2D eigenvalue weighted by Gasteiger charge is 2.57. The molecule has 0 aliphatic carbocycles. The number of carbonyl (C=O) groups is 3. The van der Waals surface area contributed by atoms with Crippen LogP contribution in [0.3, 0.4) is 0 Å². The quantitative estimate of drug-likeness (QED) is 0.0316. The van der Waals surface area contributed by atoms with Gasteiger partial charge in [0, 0.05) is 19.4 Å². The van der Waals surface area contributed by atoms with Crippen LogP contribution < -0.4 is 20.7 Å². The molecule has 1 amide bonds. The zero-order valence-electron chi connectivity index (χ0n) is 32.5. The summed E-state index contributed by atoms with van der Waals surface area (Å²) in [4.78, 5) is 45.5. The average molecular weight is 766 g/mol. The summed E-state index contributed by atoms with van der Waals surface area (Å²) in [5.74, 6) is -1.16. The van der Waals surface area contributed by atoms with Gasteiger partial charge in [0.15, 0.2) is 14.1 Å². The monoisotopic (exact) mass is 765 g/mol. The Hall–Kier alpha value is -4.69. The molecule has 8 nitrogen and oxygen atoms in total. The van der Waals surface area contributed by atoms with Gasteiger partial charge in [-0.15, -0.1) is 0 Å². The van der Waals surface area contributed by atoms with E-state index < -0.39 is 39.2 Å². The van der Waals surface area contributed by atoms with E-state index in [1.54, 1.807) is 12.0 Å². The molecule has 10 heteroatoms. The third-order valence-electron chi connectivity index (χ3n) is 10.5. The normalized spacial score (nSPS) is 16.7. The predicted molar refractivity (Wildman–Crippen MR) is 221 cm³/mol. The van der Waals surface area contributed by atoms with Crippen molar-refractivity contribution in [2.45, 2.75) is 71.0 Å². The Morgan fingerprint density at radius 2 is 1.31 bits per heavy atom. The van der Waals surface area contributed by atoms with Crippen LogP contribution in [0.1, 0.15) is 39.7 Å². The Bertz CT molecular complexity index is 1890. The van der Waals surface area contributed by atoms with Gasteiger partial charge in [-0.05, 0) is 58.7 Å². The van der Waals surface area contributed by atoms with E-state index in [0.717, 1.165) is 21.5 Å². The molecule has 0 spiro atoms. The van der Waals surface area contributed by atoms with Gasteiger partial charge < -0.3 is 23.5 Å². The molecule has 0 bridgehead atoms. The number of ketones is 1. The van der Waals surface area contributed by atoms with E-state index in [2.05, 4.69) is 33.9 Å². The lowest BCUT2D eigenvalue weighted by molar-refractivity contribution is -0.158. The third kappa shape index (κ3) is 8.34. The van der Waals surface area contributed by atoms with Gasteiger partial charge in [0.05, 0.1) is 38.5 Å². The first-order valence-corrected chi connectivity index (χ1v) is 22.9. The zero-order valence-corrected chi connectivity index (χ0v) is 34.4. The van der Waals surface area contributed by atoms with Gasteiger partial charge in [-0.1, -0.05) is 124 Å². The van der Waals surface area contributed by atoms with Crippen LogP contribution in [-0.2, 0) is 34.9 Å². The molecule has 0 aromatic heterocycles. The van der Waals surface area contributed by atoms with Gasteiger partial charge in [0.2, 0.25) is 5.91 Å². The molecule has 0 radical (unpaired) electrons. The van der Waals surface area contributed by atoms with Crippen molar-refractivity contribution in [3.63, 3.8) is 0 Å². The van der Waals surface area contributed by atoms with Crippen molar-refractivity contribution in [2.75, 3.05) is 14.2 Å². The number of β-lactam (4-membered cyclic amide) rings is 1. The molecule has 1 saturated heterocycles. The number of allylic oxidation sites excluding steroid dienone is 1. The topological polar surface area (TPSA) is 91.4 Å². The van der Waals surface area contributed by atoms with Gasteiger partial charge in [0.25, 0.3) is 0 Å². The minimum Gasteiger partial charge on any atom is -0.504 e. The molecule has 4 aromatic carbocycles. The van der Waals surface area contributed by atoms with Crippen LogP contribution in [0.15, 0.2) is 128 Å². The van der Waals surface area contributed by atoms with Crippen LogP contribution >= 0.6 is 6.89 Å². The maximum atomic E-state index is 15.2. The molecular weight excluding hydrogens is 714 g/mol. The minimum atomic E-state index is -3.20. The number of ether oxygens (including phenoxy) is 3. The number of esters is 1. The van der Waals surface area contributed by atoms with Crippen LogP contribution in [-0.4, -0.2) is 62.7 Å². The number of rotatable bonds is 15. The summed E-state index contributed by atoms with van der Waals surface area (Å²) in [6.45, 7) is 9.44. The average Bonchev–Trinajstić information content (AvgIpc) is 3.16. The Kier molecular flexibility index (Phi) is 12.9. The second kappa shape index (κ2) is 17.2. The third-order valence-corrected chi connectivity index (χ3v) is 19.4. The molecule has 5 rings (SSSR count). The van der Waals surface area contributed by atoms with Crippen LogP contribution in [0.4, 0.5) is 0 Å². The molecule has 0 unspecified atom stereocenters. The molecule has 0 saturated carbocycles. The number of likely N-dealkylation sites (tertiary alicyclic amines) is 1. The fourth-order valence-corrected chi connectivity index (χ4v) is 12.6. The van der Waals surface area contributed by atoms with Gasteiger partial charge >= 0.3 is 5.97 Å². The predicted octanol–water partition coefficient (Wildman–Crippen LogP) is 7.22. The van der Waals surface area contributed by atoms with Crippen molar-refractivity contribution in [2.24, 2.45) is 5.92 Å². The van der Waals surface area contributed by atoms with Crippen LogP contribution in [0.5, 0.6) is 5.75 Å². The number of amides is 1. The number of carbonyl (C=O) groups excluding carboxylic acids is 3. The molecule has 1 fully saturated rings. The Balaban J connectivity index is 1.81. The summed E-state index contributed by atoms with van der Waals surface area (Å²) >= 11 is 0. The van der Waals surface area contributed by atoms with Crippen LogP contribution in [0.2, 0.25) is 18.1 Å². The van der Waals surface area contributed by atoms with Crippen LogP contribution in [0.25, 0.3) is 0 Å². The van der Waals surface area contributed by atoms with E-state index in [9.17, 15) is 4.79 Å². The number of methoxy groups -OCH3 is 2. The maximum Gasteiger partial charge on any atom is 0.356 e. The molecule has 54 heavy (non-hydrogen) atoms. The highest BCUT2D eigenvalue weighted by Crippen LogP contribution is 2.50. The molecule has 284 valence electrons. The number of benzene rings is 4. The summed E-state index contributed by atoms with van der Waals surface area (Å²) in [5.41, 5.74) is 0.973. The number of hydrogen-bond acceptors (Lipinski definition) is 7. The van der Waals surface area contributed by atoms with Crippen LogP contribution in [0, 0.1) is 5.92 Å². The van der Waals surface area contributed by atoms with Gasteiger partial charge in [-0.2, -0.15) is 0 Å². The Morgan fingerprint density at radius 3 is 1.76 bits per heavy atom. The molecule has 1 heterocycles. The summed E-state index contributed by atoms with van der Waals surface area (Å²) < 4.78 is 23.5. The van der Waals surface area contributed by atoms with Gasteiger partial charge in [0.1, 0.15) is 17.8 Å². The van der Waals surface area contributed by atoms with Crippen molar-refractivity contribution >= 4 is 54.2 Å². The first-order valence-electron chi connectivity index (χ1n) is 18.2. The molecule has 3 atom stereocenters. The largest absolute Gasteiger partial charge is 0.504 e. The second-order valence-corrected chi connectivity index (χ2v) is 23.1. The first kappa shape index (κ1) is 40.5. The standard InChI is InChI=1S/C44H52NO7PSi/c1-32(52-54(7,8)44(2,3)4)40-39(30-34(46)28-29-49-5)45(41(40)47)42(43(48)51-31-33-24-26-35(50-6)27-25-33)53(36-18-12-9-13-19-36,37-20-14-10-15-21-37)38-22-16-11-17-23-38/h9-29,32,39-40H,30-31H2,1-8H3/t32-,39-,40-/m1/s1.